The molecule has 0 amide bonds. The summed E-state index contributed by atoms with van der Waals surface area (Å²) in [5.74, 6) is 1.15. The second kappa shape index (κ2) is 4.97. The third kappa shape index (κ3) is 2.44. The average molecular weight is 223 g/mol. The molecule has 1 aliphatic rings. The van der Waals surface area contributed by atoms with E-state index in [0.29, 0.717) is 18.5 Å². The Morgan fingerprint density at radius 1 is 1.69 bits per heavy atom. The first kappa shape index (κ1) is 11.6. The third-order valence-corrected chi connectivity index (χ3v) is 3.51. The van der Waals surface area contributed by atoms with Crippen LogP contribution in [0.5, 0.6) is 0 Å². The quantitative estimate of drug-likeness (QED) is 0.837. The molecule has 0 aromatic carbocycles. The lowest BCUT2D eigenvalue weighted by Crippen LogP contribution is -2.26. The molecule has 1 aromatic heterocycles. The molecule has 1 aromatic rings. The zero-order valence-corrected chi connectivity index (χ0v) is 10.1. The normalized spacial score (nSPS) is 23.8. The molecule has 2 N–H and O–H groups in total. The zero-order chi connectivity index (χ0) is 11.5. The standard InChI is InChI=1S/C12H21N3O/c1-9(7-13)11-8-16-12(14-11)6-10-4-3-5-15(10)2/h8-10H,3-7,13H2,1-2H3. The monoisotopic (exact) mass is 223 g/mol. The summed E-state index contributed by atoms with van der Waals surface area (Å²) in [5, 5.41) is 0. The predicted octanol–water partition coefficient (Wildman–Crippen LogP) is 1.37. The van der Waals surface area contributed by atoms with Crippen molar-refractivity contribution in [3.05, 3.63) is 17.8 Å². The number of likely N-dealkylation sites (tertiary alicyclic amines) is 1. The van der Waals surface area contributed by atoms with Gasteiger partial charge in [0.05, 0.1) is 5.69 Å². The molecule has 2 atom stereocenters. The lowest BCUT2D eigenvalue weighted by atomic mass is 10.1. The Balaban J connectivity index is 1.97. The fraction of sp³-hybridized carbons (Fsp3) is 0.750. The fourth-order valence-electron chi connectivity index (χ4n) is 2.20. The number of nitrogens with two attached hydrogens (primary N) is 1. The first-order valence-corrected chi connectivity index (χ1v) is 6.05. The van der Waals surface area contributed by atoms with Crippen LogP contribution in [0.25, 0.3) is 0 Å². The van der Waals surface area contributed by atoms with E-state index in [1.165, 1.54) is 19.4 Å². The fourth-order valence-corrected chi connectivity index (χ4v) is 2.20. The van der Waals surface area contributed by atoms with Crippen LogP contribution in [0.3, 0.4) is 0 Å². The summed E-state index contributed by atoms with van der Waals surface area (Å²) in [4.78, 5) is 6.89. The van der Waals surface area contributed by atoms with E-state index in [1.807, 2.05) is 0 Å². The maximum absolute atomic E-state index is 5.61. The smallest absolute Gasteiger partial charge is 0.195 e. The van der Waals surface area contributed by atoms with Crippen molar-refractivity contribution in [1.29, 1.82) is 0 Å². The van der Waals surface area contributed by atoms with Crippen LogP contribution in [-0.2, 0) is 6.42 Å². The maximum atomic E-state index is 5.61. The van der Waals surface area contributed by atoms with E-state index in [4.69, 9.17) is 10.2 Å². The first-order chi connectivity index (χ1) is 7.70. The van der Waals surface area contributed by atoms with Crippen LogP contribution in [0.15, 0.2) is 10.7 Å². The molecule has 2 rings (SSSR count). The number of nitrogens with zero attached hydrogens (tertiary/aromatic N) is 2. The van der Waals surface area contributed by atoms with Crippen LogP contribution in [0, 0.1) is 0 Å². The highest BCUT2D eigenvalue weighted by atomic mass is 16.3. The summed E-state index contributed by atoms with van der Waals surface area (Å²) >= 11 is 0. The average Bonchev–Trinajstić information content (AvgIpc) is 2.89. The molecule has 1 saturated heterocycles. The lowest BCUT2D eigenvalue weighted by molar-refractivity contribution is 0.292. The SMILES string of the molecule is CC(CN)c1coc(CC2CCCN2C)n1. The number of rotatable bonds is 4. The molecule has 0 spiro atoms. The van der Waals surface area contributed by atoms with Crippen LogP contribution in [0.4, 0.5) is 0 Å². The van der Waals surface area contributed by atoms with Gasteiger partial charge in [-0.3, -0.25) is 0 Å². The summed E-state index contributed by atoms with van der Waals surface area (Å²) in [5.41, 5.74) is 6.59. The van der Waals surface area contributed by atoms with E-state index in [0.717, 1.165) is 18.0 Å². The molecule has 90 valence electrons. The van der Waals surface area contributed by atoms with Gasteiger partial charge in [-0.2, -0.15) is 0 Å². The topological polar surface area (TPSA) is 55.3 Å². The van der Waals surface area contributed by atoms with Gasteiger partial charge in [0.2, 0.25) is 0 Å². The van der Waals surface area contributed by atoms with Gasteiger partial charge in [-0.05, 0) is 26.4 Å². The van der Waals surface area contributed by atoms with Crippen molar-refractivity contribution in [3.8, 4) is 0 Å². The molecule has 2 unspecified atom stereocenters. The number of oxazole rings is 1. The molecule has 0 bridgehead atoms. The van der Waals surface area contributed by atoms with Crippen LogP contribution in [0.1, 0.15) is 37.3 Å². The van der Waals surface area contributed by atoms with Gasteiger partial charge in [0, 0.05) is 24.9 Å². The van der Waals surface area contributed by atoms with E-state index in [9.17, 15) is 0 Å². The molecule has 4 heteroatoms. The van der Waals surface area contributed by atoms with E-state index in [-0.39, 0.29) is 0 Å². The summed E-state index contributed by atoms with van der Waals surface area (Å²) in [6, 6.07) is 0.597. The Kier molecular flexibility index (Phi) is 3.61. The van der Waals surface area contributed by atoms with Crippen LogP contribution in [-0.4, -0.2) is 36.1 Å². The van der Waals surface area contributed by atoms with Crippen LogP contribution < -0.4 is 5.73 Å². The van der Waals surface area contributed by atoms with Gasteiger partial charge in [-0.25, -0.2) is 4.98 Å². The largest absolute Gasteiger partial charge is 0.449 e. The summed E-state index contributed by atoms with van der Waals surface area (Å²) in [7, 11) is 2.17. The van der Waals surface area contributed by atoms with Crippen molar-refractivity contribution in [1.82, 2.24) is 9.88 Å². The van der Waals surface area contributed by atoms with Gasteiger partial charge in [-0.1, -0.05) is 6.92 Å². The van der Waals surface area contributed by atoms with E-state index in [1.54, 1.807) is 6.26 Å². The third-order valence-electron chi connectivity index (χ3n) is 3.51. The minimum atomic E-state index is 0.291. The summed E-state index contributed by atoms with van der Waals surface area (Å²) in [6.07, 6.45) is 5.21. The molecule has 16 heavy (non-hydrogen) atoms. The minimum Gasteiger partial charge on any atom is -0.449 e. The highest BCUT2D eigenvalue weighted by Gasteiger charge is 2.23. The Bertz CT molecular complexity index is 337. The van der Waals surface area contributed by atoms with Crippen LogP contribution >= 0.6 is 0 Å². The van der Waals surface area contributed by atoms with E-state index >= 15 is 0 Å². The Hall–Kier alpha value is -0.870. The summed E-state index contributed by atoms with van der Waals surface area (Å²) in [6.45, 7) is 3.88. The van der Waals surface area contributed by atoms with Crippen molar-refractivity contribution >= 4 is 0 Å². The molecule has 1 fully saturated rings. The molecule has 4 nitrogen and oxygen atoms in total. The zero-order valence-electron chi connectivity index (χ0n) is 10.1. The number of likely N-dealkylation sites (N-methyl/N-ethyl adjacent to an activating group) is 1. The first-order valence-electron chi connectivity index (χ1n) is 6.05. The van der Waals surface area contributed by atoms with Gasteiger partial charge >= 0.3 is 0 Å². The molecular weight excluding hydrogens is 202 g/mol. The van der Waals surface area contributed by atoms with Crippen molar-refractivity contribution < 1.29 is 4.42 Å². The minimum absolute atomic E-state index is 0.291. The highest BCUT2D eigenvalue weighted by molar-refractivity contribution is 5.04. The summed E-state index contributed by atoms with van der Waals surface area (Å²) < 4.78 is 5.50. The molecule has 2 heterocycles. The van der Waals surface area contributed by atoms with Crippen molar-refractivity contribution in [2.45, 2.75) is 38.1 Å². The Morgan fingerprint density at radius 2 is 2.50 bits per heavy atom. The molecule has 0 radical (unpaired) electrons. The maximum Gasteiger partial charge on any atom is 0.195 e. The van der Waals surface area contributed by atoms with E-state index < -0.39 is 0 Å². The van der Waals surface area contributed by atoms with Gasteiger partial charge in [0.25, 0.3) is 0 Å². The lowest BCUT2D eigenvalue weighted by Gasteiger charge is -2.17. The number of hydrogen-bond acceptors (Lipinski definition) is 4. The highest BCUT2D eigenvalue weighted by Crippen LogP contribution is 2.20. The van der Waals surface area contributed by atoms with E-state index in [2.05, 4.69) is 23.9 Å². The van der Waals surface area contributed by atoms with Crippen molar-refractivity contribution in [3.63, 3.8) is 0 Å². The van der Waals surface area contributed by atoms with Crippen LogP contribution in [0.2, 0.25) is 0 Å². The number of hydrogen-bond donors (Lipinski definition) is 1. The van der Waals surface area contributed by atoms with Gasteiger partial charge in [0.1, 0.15) is 6.26 Å². The van der Waals surface area contributed by atoms with Crippen molar-refractivity contribution in [2.24, 2.45) is 5.73 Å². The molecular formula is C12H21N3O. The van der Waals surface area contributed by atoms with Crippen molar-refractivity contribution in [2.75, 3.05) is 20.1 Å². The van der Waals surface area contributed by atoms with Gasteiger partial charge in [-0.15, -0.1) is 0 Å². The molecule has 1 aliphatic heterocycles. The Labute approximate surface area is 96.8 Å². The second-order valence-electron chi connectivity index (χ2n) is 4.78. The van der Waals surface area contributed by atoms with Gasteiger partial charge in [0.15, 0.2) is 5.89 Å². The Morgan fingerprint density at radius 3 is 3.12 bits per heavy atom. The predicted molar refractivity (Wildman–Crippen MR) is 63.3 cm³/mol. The van der Waals surface area contributed by atoms with Gasteiger partial charge < -0.3 is 15.1 Å². The molecule has 0 aliphatic carbocycles. The molecule has 0 saturated carbocycles. The second-order valence-corrected chi connectivity index (χ2v) is 4.78. The number of aromatic nitrogens is 1.